The summed E-state index contributed by atoms with van der Waals surface area (Å²) in [5.41, 5.74) is 1.41. The zero-order valence-electron chi connectivity index (χ0n) is 9.12. The number of carbonyl (C=O) groups is 2. The van der Waals surface area contributed by atoms with Gasteiger partial charge in [0.2, 0.25) is 0 Å². The highest BCUT2D eigenvalue weighted by molar-refractivity contribution is 5.97. The van der Waals surface area contributed by atoms with Gasteiger partial charge in [0.1, 0.15) is 0 Å². The summed E-state index contributed by atoms with van der Waals surface area (Å²) in [7, 11) is 0. The summed E-state index contributed by atoms with van der Waals surface area (Å²) in [6, 6.07) is 6.70. The fourth-order valence-electron chi connectivity index (χ4n) is 1.13. The molecule has 1 rings (SSSR count). The molecule has 17 heavy (non-hydrogen) atoms. The molecule has 0 aromatic heterocycles. The van der Waals surface area contributed by atoms with Crippen LogP contribution in [0.4, 0.5) is 5.69 Å². The van der Waals surface area contributed by atoms with Crippen molar-refractivity contribution in [3.05, 3.63) is 29.8 Å². The van der Waals surface area contributed by atoms with E-state index in [4.69, 9.17) is 10.2 Å². The Bertz CT molecular complexity index is 414. The Morgan fingerprint density at radius 2 is 1.65 bits per heavy atom. The minimum atomic E-state index is -2.14. The Morgan fingerprint density at radius 3 is 2.12 bits per heavy atom. The van der Waals surface area contributed by atoms with Crippen LogP contribution in [0, 0.1) is 6.92 Å². The van der Waals surface area contributed by atoms with Crippen molar-refractivity contribution in [2.45, 2.75) is 19.1 Å². The molecular weight excluding hydrogens is 226 g/mol. The average Bonchev–Trinajstić information content (AvgIpc) is 2.30. The number of aliphatic hydroxyl groups excluding tert-OH is 2. The number of aliphatic hydroxyl groups is 2. The summed E-state index contributed by atoms with van der Waals surface area (Å²) in [6.45, 7) is 1.87. The summed E-state index contributed by atoms with van der Waals surface area (Å²) < 4.78 is 0. The van der Waals surface area contributed by atoms with Gasteiger partial charge in [0.05, 0.1) is 0 Å². The van der Waals surface area contributed by atoms with Crippen LogP contribution in [0.1, 0.15) is 5.56 Å². The monoisotopic (exact) mass is 239 g/mol. The third-order valence-electron chi connectivity index (χ3n) is 2.14. The fourth-order valence-corrected chi connectivity index (χ4v) is 1.13. The number of nitrogens with one attached hydrogen (secondary N) is 1. The van der Waals surface area contributed by atoms with E-state index < -0.39 is 24.1 Å². The third-order valence-corrected chi connectivity index (χ3v) is 2.14. The van der Waals surface area contributed by atoms with E-state index in [1.807, 2.05) is 6.92 Å². The first kappa shape index (κ1) is 13.1. The molecule has 0 saturated carbocycles. The van der Waals surface area contributed by atoms with Gasteiger partial charge >= 0.3 is 5.97 Å². The number of benzene rings is 1. The Labute approximate surface area is 97.5 Å². The van der Waals surface area contributed by atoms with E-state index in [0.29, 0.717) is 5.69 Å². The Morgan fingerprint density at radius 1 is 1.12 bits per heavy atom. The molecule has 1 aromatic rings. The number of hydrogen-bond donors (Lipinski definition) is 4. The zero-order chi connectivity index (χ0) is 13.0. The van der Waals surface area contributed by atoms with Gasteiger partial charge < -0.3 is 20.6 Å². The number of aryl methyl sites for hydroxylation is 1. The highest BCUT2D eigenvalue weighted by Gasteiger charge is 2.29. The van der Waals surface area contributed by atoms with Crippen LogP contribution >= 0.6 is 0 Å². The van der Waals surface area contributed by atoms with Gasteiger partial charge in [0.15, 0.2) is 12.2 Å². The molecule has 0 saturated heterocycles. The number of anilines is 1. The van der Waals surface area contributed by atoms with Crippen molar-refractivity contribution in [3.63, 3.8) is 0 Å². The fraction of sp³-hybridized carbons (Fsp3) is 0.273. The van der Waals surface area contributed by atoms with Gasteiger partial charge in [-0.3, -0.25) is 4.79 Å². The number of rotatable bonds is 4. The van der Waals surface area contributed by atoms with Crippen LogP contribution in [-0.4, -0.2) is 39.4 Å². The maximum atomic E-state index is 11.4. The molecule has 0 aliphatic carbocycles. The van der Waals surface area contributed by atoms with Crippen LogP contribution in [0.3, 0.4) is 0 Å². The summed E-state index contributed by atoms with van der Waals surface area (Å²) >= 11 is 0. The predicted molar refractivity (Wildman–Crippen MR) is 59.5 cm³/mol. The highest BCUT2D eigenvalue weighted by atomic mass is 16.4. The average molecular weight is 239 g/mol. The molecule has 92 valence electrons. The van der Waals surface area contributed by atoms with E-state index >= 15 is 0 Å². The number of hydrogen-bond acceptors (Lipinski definition) is 4. The van der Waals surface area contributed by atoms with Crippen molar-refractivity contribution in [2.24, 2.45) is 0 Å². The van der Waals surface area contributed by atoms with Crippen LogP contribution in [0.25, 0.3) is 0 Å². The smallest absolute Gasteiger partial charge is 0.335 e. The Hall–Kier alpha value is -1.92. The summed E-state index contributed by atoms with van der Waals surface area (Å²) in [5.74, 6) is -2.62. The zero-order valence-corrected chi connectivity index (χ0v) is 9.12. The van der Waals surface area contributed by atoms with Crippen LogP contribution in [0.5, 0.6) is 0 Å². The first-order valence-electron chi connectivity index (χ1n) is 4.88. The topological polar surface area (TPSA) is 107 Å². The lowest BCUT2D eigenvalue weighted by atomic mass is 10.2. The molecule has 2 atom stereocenters. The molecule has 4 N–H and O–H groups in total. The molecule has 0 bridgehead atoms. The maximum Gasteiger partial charge on any atom is 0.335 e. The van der Waals surface area contributed by atoms with E-state index in [1.165, 1.54) is 0 Å². The second-order valence-electron chi connectivity index (χ2n) is 3.58. The van der Waals surface area contributed by atoms with Gasteiger partial charge in [-0.1, -0.05) is 17.7 Å². The van der Waals surface area contributed by atoms with Gasteiger partial charge in [-0.2, -0.15) is 0 Å². The molecule has 0 radical (unpaired) electrons. The van der Waals surface area contributed by atoms with E-state index in [-0.39, 0.29) is 0 Å². The molecule has 0 aliphatic rings. The number of carbonyl (C=O) groups excluding carboxylic acids is 1. The van der Waals surface area contributed by atoms with Gasteiger partial charge in [0.25, 0.3) is 5.91 Å². The molecule has 0 heterocycles. The lowest BCUT2D eigenvalue weighted by Crippen LogP contribution is -2.42. The Balaban J connectivity index is 2.66. The standard InChI is InChI=1S/C11H13NO5/c1-6-2-4-7(5-3-6)12-10(15)8(13)9(14)11(16)17/h2-5,8-9,13-14H,1H3,(H,12,15)(H,16,17)/t8-,9+/m1/s1. The molecule has 1 aromatic carbocycles. The molecular formula is C11H13NO5. The van der Waals surface area contributed by atoms with Crippen molar-refractivity contribution < 1.29 is 24.9 Å². The number of carboxylic acid groups (broad SMARTS) is 1. The molecule has 6 heteroatoms. The first-order chi connectivity index (χ1) is 7.91. The van der Waals surface area contributed by atoms with Crippen LogP contribution < -0.4 is 5.32 Å². The molecule has 0 spiro atoms. The molecule has 1 amide bonds. The van der Waals surface area contributed by atoms with Crippen LogP contribution in [-0.2, 0) is 9.59 Å². The minimum Gasteiger partial charge on any atom is -0.479 e. The molecule has 0 aliphatic heterocycles. The van der Waals surface area contributed by atoms with Crippen molar-refractivity contribution in [2.75, 3.05) is 5.32 Å². The van der Waals surface area contributed by atoms with E-state index in [0.717, 1.165) is 5.56 Å². The molecule has 0 fully saturated rings. The van der Waals surface area contributed by atoms with Crippen LogP contribution in [0.2, 0.25) is 0 Å². The summed E-state index contributed by atoms with van der Waals surface area (Å²) in [5, 5.41) is 28.9. The summed E-state index contributed by atoms with van der Waals surface area (Å²) in [6.07, 6.45) is -4.14. The van der Waals surface area contributed by atoms with Gasteiger partial charge in [-0.05, 0) is 19.1 Å². The van der Waals surface area contributed by atoms with Gasteiger partial charge in [-0.15, -0.1) is 0 Å². The number of carboxylic acids is 1. The van der Waals surface area contributed by atoms with Crippen LogP contribution in [0.15, 0.2) is 24.3 Å². The third kappa shape index (κ3) is 3.54. The van der Waals surface area contributed by atoms with Crippen molar-refractivity contribution in [1.82, 2.24) is 0 Å². The van der Waals surface area contributed by atoms with Crippen molar-refractivity contribution >= 4 is 17.6 Å². The normalized spacial score (nSPS) is 13.8. The largest absolute Gasteiger partial charge is 0.479 e. The van der Waals surface area contributed by atoms with E-state index in [2.05, 4.69) is 5.32 Å². The highest BCUT2D eigenvalue weighted by Crippen LogP contribution is 2.09. The predicted octanol–water partition coefficient (Wildman–Crippen LogP) is -0.260. The van der Waals surface area contributed by atoms with Crippen molar-refractivity contribution in [3.8, 4) is 0 Å². The van der Waals surface area contributed by atoms with E-state index in [1.54, 1.807) is 24.3 Å². The molecule has 6 nitrogen and oxygen atoms in total. The Kier molecular flexibility index (Phi) is 4.19. The first-order valence-corrected chi connectivity index (χ1v) is 4.88. The minimum absolute atomic E-state index is 0.414. The lowest BCUT2D eigenvalue weighted by molar-refractivity contribution is -0.156. The van der Waals surface area contributed by atoms with E-state index in [9.17, 15) is 14.7 Å². The van der Waals surface area contributed by atoms with Gasteiger partial charge in [-0.25, -0.2) is 4.79 Å². The SMILES string of the molecule is Cc1ccc(NC(=O)[C@H](O)[C@H](O)C(=O)O)cc1. The molecule has 0 unspecified atom stereocenters. The second kappa shape index (κ2) is 5.42. The second-order valence-corrected chi connectivity index (χ2v) is 3.58. The van der Waals surface area contributed by atoms with Crippen molar-refractivity contribution in [1.29, 1.82) is 0 Å². The lowest BCUT2D eigenvalue weighted by Gasteiger charge is -2.13. The number of aliphatic carboxylic acids is 1. The van der Waals surface area contributed by atoms with Gasteiger partial charge in [0, 0.05) is 5.69 Å². The number of amides is 1. The maximum absolute atomic E-state index is 11.4. The summed E-state index contributed by atoms with van der Waals surface area (Å²) in [4.78, 5) is 21.7. The quantitative estimate of drug-likeness (QED) is 0.579.